The van der Waals surface area contributed by atoms with Gasteiger partial charge in [0.2, 0.25) is 0 Å². The van der Waals surface area contributed by atoms with E-state index in [-0.39, 0.29) is 0 Å². The number of nitrogens with one attached hydrogen (secondary N) is 2. The second kappa shape index (κ2) is 9.08. The summed E-state index contributed by atoms with van der Waals surface area (Å²) >= 11 is 8.15. The average molecular weight is 459 g/mol. The van der Waals surface area contributed by atoms with Gasteiger partial charge in [-0.05, 0) is 52.8 Å². The fourth-order valence-electron chi connectivity index (χ4n) is 2.06. The van der Waals surface area contributed by atoms with Crippen molar-refractivity contribution in [2.45, 2.75) is 26.4 Å². The molecule has 1 aromatic heterocycles. The van der Waals surface area contributed by atoms with Crippen molar-refractivity contribution in [2.24, 2.45) is 0 Å². The minimum absolute atomic E-state index is 0.472. The van der Waals surface area contributed by atoms with Crippen molar-refractivity contribution in [2.75, 3.05) is 7.11 Å². The fourth-order valence-corrected chi connectivity index (χ4v) is 3.01. The molecule has 2 rings (SSSR count). The van der Waals surface area contributed by atoms with Gasteiger partial charge in [-0.3, -0.25) is 4.68 Å². The molecule has 0 aliphatic carbocycles. The lowest BCUT2D eigenvalue weighted by Gasteiger charge is -2.13. The number of methoxy groups -OCH3 is 1. The number of hydrogen-bond donors (Lipinski definition) is 2. The molecule has 0 radical (unpaired) electrons. The summed E-state index contributed by atoms with van der Waals surface area (Å²) in [6.07, 6.45) is 2.54. The van der Waals surface area contributed by atoms with Gasteiger partial charge < -0.3 is 15.5 Å². The van der Waals surface area contributed by atoms with Gasteiger partial charge in [0.1, 0.15) is 9.45 Å². The number of hydrogen-bond acceptors (Lipinski definition) is 4. The van der Waals surface area contributed by atoms with Crippen LogP contribution in [0.3, 0.4) is 0 Å². The summed E-state index contributed by atoms with van der Waals surface area (Å²) in [5, 5.41) is 16.1. The van der Waals surface area contributed by atoms with Crippen LogP contribution in [0.5, 0.6) is 5.75 Å². The standard InChI is InChI=1S/C17H20ClIN4O/c1-3-13(20)8-14(11-23-17(19)9-16(18)22-23)21-10-12-4-6-15(24-2)7-5-12/h4-9,20-21H,3,10-11H2,1-2H3/b14-8-,20-13?. The van der Waals surface area contributed by atoms with Crippen molar-refractivity contribution in [3.8, 4) is 5.75 Å². The highest BCUT2D eigenvalue weighted by Gasteiger charge is 2.07. The summed E-state index contributed by atoms with van der Waals surface area (Å²) in [5.41, 5.74) is 2.63. The van der Waals surface area contributed by atoms with Crippen LogP contribution in [0.15, 0.2) is 42.1 Å². The van der Waals surface area contributed by atoms with E-state index in [1.54, 1.807) is 7.11 Å². The van der Waals surface area contributed by atoms with Gasteiger partial charge in [-0.25, -0.2) is 0 Å². The number of ether oxygens (including phenoxy) is 1. The van der Waals surface area contributed by atoms with Crippen LogP contribution >= 0.6 is 34.2 Å². The van der Waals surface area contributed by atoms with Gasteiger partial charge in [0, 0.05) is 24.0 Å². The van der Waals surface area contributed by atoms with E-state index in [1.165, 1.54) is 0 Å². The Bertz CT molecular complexity index is 725. The Kier molecular flexibility index (Phi) is 7.11. The topological polar surface area (TPSA) is 62.9 Å². The second-order valence-corrected chi connectivity index (χ2v) is 6.69. The zero-order chi connectivity index (χ0) is 17.5. The van der Waals surface area contributed by atoms with Gasteiger partial charge in [-0.2, -0.15) is 5.10 Å². The molecule has 0 atom stereocenters. The fraction of sp³-hybridized carbons (Fsp3) is 0.294. The molecule has 7 heteroatoms. The molecule has 0 unspecified atom stereocenters. The maximum atomic E-state index is 7.94. The summed E-state index contributed by atoms with van der Waals surface area (Å²) < 4.78 is 7.95. The van der Waals surface area contributed by atoms with Gasteiger partial charge in [-0.1, -0.05) is 30.7 Å². The van der Waals surface area contributed by atoms with Crippen LogP contribution in [-0.4, -0.2) is 22.6 Å². The largest absolute Gasteiger partial charge is 0.497 e. The molecule has 0 amide bonds. The smallest absolute Gasteiger partial charge is 0.152 e. The highest BCUT2D eigenvalue weighted by atomic mass is 127. The molecular formula is C17H20ClIN4O. The highest BCUT2D eigenvalue weighted by Crippen LogP contribution is 2.14. The molecule has 5 nitrogen and oxygen atoms in total. The number of allylic oxidation sites excluding steroid dienone is 2. The van der Waals surface area contributed by atoms with Crippen molar-refractivity contribution in [1.29, 1.82) is 5.41 Å². The SMILES string of the molecule is CCC(=N)/C=C(/Cn1nc(Cl)cc1I)NCc1ccc(OC)cc1. The van der Waals surface area contributed by atoms with E-state index in [1.807, 2.05) is 48.0 Å². The summed E-state index contributed by atoms with van der Waals surface area (Å²) in [7, 11) is 1.65. The maximum absolute atomic E-state index is 7.94. The minimum Gasteiger partial charge on any atom is -0.497 e. The first kappa shape index (κ1) is 18.8. The van der Waals surface area contributed by atoms with Gasteiger partial charge in [-0.15, -0.1) is 0 Å². The Morgan fingerprint density at radius 1 is 1.42 bits per heavy atom. The molecule has 128 valence electrons. The van der Waals surface area contributed by atoms with Crippen LogP contribution in [-0.2, 0) is 13.1 Å². The van der Waals surface area contributed by atoms with Gasteiger partial charge in [0.05, 0.1) is 13.7 Å². The number of rotatable bonds is 8. The van der Waals surface area contributed by atoms with E-state index in [0.29, 0.717) is 30.4 Å². The van der Waals surface area contributed by atoms with Crippen LogP contribution in [0.1, 0.15) is 18.9 Å². The molecule has 0 saturated carbocycles. The Balaban J connectivity index is 2.09. The molecule has 2 N–H and O–H groups in total. The molecule has 0 spiro atoms. The monoisotopic (exact) mass is 458 g/mol. The number of aromatic nitrogens is 2. The summed E-state index contributed by atoms with van der Waals surface area (Å²) in [5.74, 6) is 0.836. The van der Waals surface area contributed by atoms with Crippen molar-refractivity contribution >= 4 is 39.9 Å². The normalized spacial score (nSPS) is 11.4. The number of benzene rings is 1. The summed E-state index contributed by atoms with van der Waals surface area (Å²) in [6, 6.07) is 9.72. The van der Waals surface area contributed by atoms with Gasteiger partial charge in [0.25, 0.3) is 0 Å². The van der Waals surface area contributed by atoms with Crippen LogP contribution in [0, 0.1) is 9.11 Å². The zero-order valence-electron chi connectivity index (χ0n) is 13.6. The molecule has 2 aromatic rings. The van der Waals surface area contributed by atoms with E-state index in [4.69, 9.17) is 21.7 Å². The van der Waals surface area contributed by atoms with E-state index >= 15 is 0 Å². The number of nitrogens with zero attached hydrogens (tertiary/aromatic N) is 2. The molecular weight excluding hydrogens is 439 g/mol. The molecule has 0 saturated heterocycles. The lowest BCUT2D eigenvalue weighted by atomic mass is 10.2. The Morgan fingerprint density at radius 3 is 2.67 bits per heavy atom. The number of halogens is 2. The van der Waals surface area contributed by atoms with E-state index in [0.717, 1.165) is 20.7 Å². The third-order valence-electron chi connectivity index (χ3n) is 3.43. The van der Waals surface area contributed by atoms with Crippen LogP contribution in [0.2, 0.25) is 5.15 Å². The molecule has 1 aromatic carbocycles. The zero-order valence-corrected chi connectivity index (χ0v) is 16.6. The Hall–Kier alpha value is -1.54. The Morgan fingerprint density at radius 2 is 2.12 bits per heavy atom. The van der Waals surface area contributed by atoms with Gasteiger partial charge >= 0.3 is 0 Å². The van der Waals surface area contributed by atoms with Crippen molar-refractivity contribution in [1.82, 2.24) is 15.1 Å². The third-order valence-corrected chi connectivity index (χ3v) is 4.48. The first-order valence-electron chi connectivity index (χ1n) is 7.55. The molecule has 24 heavy (non-hydrogen) atoms. The average Bonchev–Trinajstić information content (AvgIpc) is 2.90. The lowest BCUT2D eigenvalue weighted by molar-refractivity contribution is 0.414. The van der Waals surface area contributed by atoms with Crippen molar-refractivity contribution in [3.63, 3.8) is 0 Å². The first-order valence-corrected chi connectivity index (χ1v) is 9.01. The van der Waals surface area contributed by atoms with E-state index in [9.17, 15) is 0 Å². The Labute approximate surface area is 160 Å². The maximum Gasteiger partial charge on any atom is 0.152 e. The molecule has 0 aliphatic heterocycles. The lowest BCUT2D eigenvalue weighted by Crippen LogP contribution is -2.20. The van der Waals surface area contributed by atoms with Crippen LogP contribution < -0.4 is 10.1 Å². The molecule has 1 heterocycles. The van der Waals surface area contributed by atoms with E-state index in [2.05, 4.69) is 33.0 Å². The van der Waals surface area contributed by atoms with Crippen LogP contribution in [0.4, 0.5) is 0 Å². The molecule has 0 fully saturated rings. The van der Waals surface area contributed by atoms with Crippen molar-refractivity contribution in [3.05, 3.63) is 56.5 Å². The molecule has 0 aliphatic rings. The van der Waals surface area contributed by atoms with Gasteiger partial charge in [0.15, 0.2) is 5.15 Å². The second-order valence-electron chi connectivity index (χ2n) is 5.20. The quantitative estimate of drug-likeness (QED) is 0.459. The van der Waals surface area contributed by atoms with E-state index < -0.39 is 0 Å². The summed E-state index contributed by atoms with van der Waals surface area (Å²) in [6.45, 7) is 3.18. The predicted molar refractivity (Wildman–Crippen MR) is 106 cm³/mol. The third kappa shape index (κ3) is 5.52. The highest BCUT2D eigenvalue weighted by molar-refractivity contribution is 14.1. The predicted octanol–water partition coefficient (Wildman–Crippen LogP) is 4.25. The van der Waals surface area contributed by atoms with Crippen molar-refractivity contribution < 1.29 is 4.74 Å². The molecule has 0 bridgehead atoms. The first-order chi connectivity index (χ1) is 11.5. The van der Waals surface area contributed by atoms with Crippen LogP contribution in [0.25, 0.3) is 0 Å². The summed E-state index contributed by atoms with van der Waals surface area (Å²) in [4.78, 5) is 0. The minimum atomic E-state index is 0.472.